The Balaban J connectivity index is 1.87. The number of nitrogens with one attached hydrogen (secondary N) is 1. The van der Waals surface area contributed by atoms with Crippen molar-refractivity contribution in [1.29, 1.82) is 0 Å². The second-order valence-corrected chi connectivity index (χ2v) is 4.30. The summed E-state index contributed by atoms with van der Waals surface area (Å²) in [6.45, 7) is 1.89. The first kappa shape index (κ1) is 12.3. The smallest absolute Gasteiger partial charge is 0.146 e. The first-order valence-electron chi connectivity index (χ1n) is 6.07. The van der Waals surface area contributed by atoms with Gasteiger partial charge in [-0.25, -0.2) is 9.07 Å². The van der Waals surface area contributed by atoms with Crippen LogP contribution in [0.4, 0.5) is 10.1 Å². The summed E-state index contributed by atoms with van der Waals surface area (Å²) in [5.41, 5.74) is 1.03. The second kappa shape index (κ2) is 5.12. The van der Waals surface area contributed by atoms with Crippen LogP contribution in [-0.4, -0.2) is 20.2 Å². The fourth-order valence-electron chi connectivity index (χ4n) is 1.89. The van der Waals surface area contributed by atoms with Crippen LogP contribution in [0.15, 0.2) is 47.3 Å². The number of benzene rings is 1. The molecule has 0 fully saturated rings. The molecule has 0 saturated carbocycles. The van der Waals surface area contributed by atoms with Gasteiger partial charge in [-0.05, 0) is 47.7 Å². The SMILES string of the molecule is CC(Nc1cc(-n2cnnn2)ccc1F)c1ccco1. The van der Waals surface area contributed by atoms with Gasteiger partial charge < -0.3 is 9.73 Å². The van der Waals surface area contributed by atoms with Crippen molar-refractivity contribution in [3.63, 3.8) is 0 Å². The van der Waals surface area contributed by atoms with Crippen LogP contribution < -0.4 is 5.32 Å². The zero-order valence-corrected chi connectivity index (χ0v) is 10.7. The molecule has 0 saturated heterocycles. The van der Waals surface area contributed by atoms with E-state index < -0.39 is 0 Å². The maximum absolute atomic E-state index is 13.9. The van der Waals surface area contributed by atoms with Crippen LogP contribution in [-0.2, 0) is 0 Å². The third-order valence-corrected chi connectivity index (χ3v) is 2.91. The molecule has 2 aromatic heterocycles. The molecule has 2 heterocycles. The summed E-state index contributed by atoms with van der Waals surface area (Å²) in [5.74, 6) is 0.387. The number of tetrazole rings is 1. The van der Waals surface area contributed by atoms with Crippen molar-refractivity contribution in [3.05, 3.63) is 54.5 Å². The summed E-state index contributed by atoms with van der Waals surface area (Å²) < 4.78 is 20.6. The molecule has 0 bridgehead atoms. The van der Waals surface area contributed by atoms with Gasteiger partial charge in [0.05, 0.1) is 23.7 Å². The van der Waals surface area contributed by atoms with Crippen LogP contribution in [0.5, 0.6) is 0 Å². The lowest BCUT2D eigenvalue weighted by Crippen LogP contribution is -2.08. The highest BCUT2D eigenvalue weighted by atomic mass is 19.1. The number of rotatable bonds is 4. The highest BCUT2D eigenvalue weighted by molar-refractivity contribution is 5.52. The molecule has 0 aliphatic rings. The van der Waals surface area contributed by atoms with Crippen LogP contribution in [0, 0.1) is 5.82 Å². The van der Waals surface area contributed by atoms with E-state index >= 15 is 0 Å². The standard InChI is InChI=1S/C13H12FN5O/c1-9(13-3-2-6-20-13)16-12-7-10(4-5-11(12)14)19-8-15-17-18-19/h2-9,16H,1H3. The summed E-state index contributed by atoms with van der Waals surface area (Å²) >= 11 is 0. The van der Waals surface area contributed by atoms with Crippen LogP contribution in [0.2, 0.25) is 0 Å². The third kappa shape index (κ3) is 2.37. The van der Waals surface area contributed by atoms with Gasteiger partial charge in [0, 0.05) is 0 Å². The molecular weight excluding hydrogens is 261 g/mol. The lowest BCUT2D eigenvalue weighted by Gasteiger charge is -2.14. The Morgan fingerprint density at radius 3 is 2.95 bits per heavy atom. The van der Waals surface area contributed by atoms with Gasteiger partial charge in [-0.2, -0.15) is 0 Å². The van der Waals surface area contributed by atoms with Gasteiger partial charge in [-0.1, -0.05) is 0 Å². The highest BCUT2D eigenvalue weighted by Gasteiger charge is 2.12. The van der Waals surface area contributed by atoms with Crippen molar-refractivity contribution in [3.8, 4) is 5.69 Å². The minimum Gasteiger partial charge on any atom is -0.467 e. The Labute approximate surface area is 114 Å². The normalized spacial score (nSPS) is 12.3. The van der Waals surface area contributed by atoms with Crippen molar-refractivity contribution in [2.45, 2.75) is 13.0 Å². The topological polar surface area (TPSA) is 68.8 Å². The predicted octanol–water partition coefficient (Wildman–Crippen LogP) is 2.57. The van der Waals surface area contributed by atoms with Crippen molar-refractivity contribution in [2.24, 2.45) is 0 Å². The largest absolute Gasteiger partial charge is 0.467 e. The van der Waals surface area contributed by atoms with Gasteiger partial charge in [0.2, 0.25) is 0 Å². The molecule has 1 atom stereocenters. The molecule has 0 radical (unpaired) electrons. The lowest BCUT2D eigenvalue weighted by molar-refractivity contribution is 0.489. The number of halogens is 1. The van der Waals surface area contributed by atoms with Gasteiger partial charge in [0.25, 0.3) is 0 Å². The monoisotopic (exact) mass is 273 g/mol. The van der Waals surface area contributed by atoms with E-state index in [9.17, 15) is 4.39 Å². The Morgan fingerprint density at radius 2 is 2.25 bits per heavy atom. The minimum atomic E-state index is -0.347. The number of hydrogen-bond donors (Lipinski definition) is 1. The zero-order valence-electron chi connectivity index (χ0n) is 10.7. The van der Waals surface area contributed by atoms with Gasteiger partial charge in [-0.15, -0.1) is 5.10 Å². The Hall–Kier alpha value is -2.70. The Bertz CT molecular complexity index is 681. The molecule has 20 heavy (non-hydrogen) atoms. The summed E-state index contributed by atoms with van der Waals surface area (Å²) in [4.78, 5) is 0. The van der Waals surface area contributed by atoms with Crippen LogP contribution in [0.25, 0.3) is 5.69 Å². The molecule has 0 aliphatic heterocycles. The van der Waals surface area contributed by atoms with Gasteiger partial charge in [-0.3, -0.25) is 0 Å². The third-order valence-electron chi connectivity index (χ3n) is 2.91. The van der Waals surface area contributed by atoms with E-state index in [1.807, 2.05) is 13.0 Å². The van der Waals surface area contributed by atoms with Gasteiger partial charge >= 0.3 is 0 Å². The van der Waals surface area contributed by atoms with Gasteiger partial charge in [0.1, 0.15) is 17.9 Å². The lowest BCUT2D eigenvalue weighted by atomic mass is 10.2. The maximum atomic E-state index is 13.9. The molecule has 1 aromatic carbocycles. The summed E-state index contributed by atoms with van der Waals surface area (Å²) in [6.07, 6.45) is 3.04. The quantitative estimate of drug-likeness (QED) is 0.791. The summed E-state index contributed by atoms with van der Waals surface area (Å²) in [6, 6.07) is 8.10. The van der Waals surface area contributed by atoms with E-state index in [4.69, 9.17) is 4.42 Å². The zero-order chi connectivity index (χ0) is 13.9. The molecule has 3 aromatic rings. The molecule has 3 rings (SSSR count). The van der Waals surface area contributed by atoms with E-state index in [1.54, 1.807) is 24.5 Å². The van der Waals surface area contributed by atoms with Crippen LogP contribution >= 0.6 is 0 Å². The molecule has 102 valence electrons. The molecular formula is C13H12FN5O. The fourth-order valence-corrected chi connectivity index (χ4v) is 1.89. The van der Waals surface area contributed by atoms with Crippen molar-refractivity contribution in [2.75, 3.05) is 5.32 Å². The van der Waals surface area contributed by atoms with E-state index in [1.165, 1.54) is 17.1 Å². The van der Waals surface area contributed by atoms with E-state index in [2.05, 4.69) is 20.8 Å². The number of furan rings is 1. The molecule has 0 aliphatic carbocycles. The average Bonchev–Trinajstić information content (AvgIpc) is 3.14. The van der Waals surface area contributed by atoms with E-state index in [0.717, 1.165) is 5.76 Å². The molecule has 0 amide bonds. The summed E-state index contributed by atoms with van der Waals surface area (Å²) in [7, 11) is 0. The maximum Gasteiger partial charge on any atom is 0.146 e. The molecule has 0 spiro atoms. The van der Waals surface area contributed by atoms with E-state index in [-0.39, 0.29) is 11.9 Å². The molecule has 7 heteroatoms. The average molecular weight is 273 g/mol. The van der Waals surface area contributed by atoms with Crippen molar-refractivity contribution < 1.29 is 8.81 Å². The highest BCUT2D eigenvalue weighted by Crippen LogP contribution is 2.24. The van der Waals surface area contributed by atoms with Crippen LogP contribution in [0.1, 0.15) is 18.7 Å². The van der Waals surface area contributed by atoms with Gasteiger partial charge in [0.15, 0.2) is 0 Å². The van der Waals surface area contributed by atoms with Crippen molar-refractivity contribution in [1.82, 2.24) is 20.2 Å². The molecule has 1 unspecified atom stereocenters. The molecule has 1 N–H and O–H groups in total. The Morgan fingerprint density at radius 1 is 1.35 bits per heavy atom. The number of nitrogens with zero attached hydrogens (tertiary/aromatic N) is 4. The molecule has 6 nitrogen and oxygen atoms in total. The Kier molecular flexibility index (Phi) is 3.16. The number of aromatic nitrogens is 4. The number of anilines is 1. The van der Waals surface area contributed by atoms with Crippen molar-refractivity contribution >= 4 is 5.69 Å². The van der Waals surface area contributed by atoms with E-state index in [0.29, 0.717) is 11.4 Å². The first-order valence-corrected chi connectivity index (χ1v) is 6.07. The number of hydrogen-bond acceptors (Lipinski definition) is 5. The minimum absolute atomic E-state index is 0.149. The first-order chi connectivity index (χ1) is 9.74. The predicted molar refractivity (Wildman–Crippen MR) is 69.9 cm³/mol. The van der Waals surface area contributed by atoms with Crippen LogP contribution in [0.3, 0.4) is 0 Å². The fraction of sp³-hybridized carbons (Fsp3) is 0.154. The second-order valence-electron chi connectivity index (χ2n) is 4.30. The summed E-state index contributed by atoms with van der Waals surface area (Å²) in [5, 5.41) is 13.9.